The number of esters is 1. The Labute approximate surface area is 108 Å². The van der Waals surface area contributed by atoms with Crippen LogP contribution in [0.1, 0.15) is 53.4 Å². The Morgan fingerprint density at radius 1 is 1.28 bits per heavy atom. The van der Waals surface area contributed by atoms with E-state index in [-0.39, 0.29) is 30.8 Å². The van der Waals surface area contributed by atoms with Crippen molar-refractivity contribution in [3.05, 3.63) is 0 Å². The van der Waals surface area contributed by atoms with Gasteiger partial charge in [0.25, 0.3) is 5.92 Å². The van der Waals surface area contributed by atoms with Crippen molar-refractivity contribution in [3.8, 4) is 0 Å². The molecular weight excluding hydrogens is 238 g/mol. The predicted molar refractivity (Wildman–Crippen MR) is 66.5 cm³/mol. The molecule has 0 aromatic rings. The van der Waals surface area contributed by atoms with Gasteiger partial charge in [-0.15, -0.1) is 0 Å². The van der Waals surface area contributed by atoms with Crippen molar-refractivity contribution in [2.45, 2.75) is 59.3 Å². The molecule has 2 atom stereocenters. The Balaban J connectivity index is 2.79. The molecule has 18 heavy (non-hydrogen) atoms. The summed E-state index contributed by atoms with van der Waals surface area (Å²) >= 11 is 0. The number of ether oxygens (including phenoxy) is 1. The molecule has 0 heterocycles. The third kappa shape index (κ3) is 3.66. The number of hydrogen-bond acceptors (Lipinski definition) is 2. The van der Waals surface area contributed by atoms with E-state index in [2.05, 4.69) is 20.8 Å². The quantitative estimate of drug-likeness (QED) is 0.554. The molecule has 0 spiro atoms. The zero-order chi connectivity index (χ0) is 14.0. The third-order valence-electron chi connectivity index (χ3n) is 3.94. The van der Waals surface area contributed by atoms with Crippen LogP contribution in [0.5, 0.6) is 0 Å². The number of rotatable bonds is 2. The highest BCUT2D eigenvalue weighted by Crippen LogP contribution is 2.44. The van der Waals surface area contributed by atoms with Crippen LogP contribution in [-0.2, 0) is 9.53 Å². The van der Waals surface area contributed by atoms with E-state index in [0.717, 1.165) is 0 Å². The van der Waals surface area contributed by atoms with Crippen LogP contribution in [0, 0.1) is 17.3 Å². The molecule has 0 aliphatic heterocycles. The van der Waals surface area contributed by atoms with E-state index < -0.39 is 17.8 Å². The zero-order valence-electron chi connectivity index (χ0n) is 11.8. The summed E-state index contributed by atoms with van der Waals surface area (Å²) in [5.74, 6) is -4.68. The molecule has 0 saturated heterocycles. The molecule has 0 amide bonds. The third-order valence-corrected chi connectivity index (χ3v) is 3.94. The van der Waals surface area contributed by atoms with E-state index in [1.54, 1.807) is 6.92 Å². The van der Waals surface area contributed by atoms with E-state index in [4.69, 9.17) is 4.74 Å². The average Bonchev–Trinajstić information content (AvgIpc) is 2.35. The predicted octanol–water partition coefficient (Wildman–Crippen LogP) is 4.04. The van der Waals surface area contributed by atoms with Gasteiger partial charge in [0.05, 0.1) is 6.61 Å². The second-order valence-electron chi connectivity index (χ2n) is 6.24. The molecule has 0 radical (unpaired) electrons. The summed E-state index contributed by atoms with van der Waals surface area (Å²) in [5, 5.41) is 0. The summed E-state index contributed by atoms with van der Waals surface area (Å²) in [6.07, 6.45) is 1.17. The molecule has 0 aromatic carbocycles. The first-order valence-corrected chi connectivity index (χ1v) is 6.73. The summed E-state index contributed by atoms with van der Waals surface area (Å²) in [6.45, 7) is 8.01. The van der Waals surface area contributed by atoms with E-state index in [1.165, 1.54) is 0 Å². The van der Waals surface area contributed by atoms with Gasteiger partial charge in [0.1, 0.15) is 5.92 Å². The van der Waals surface area contributed by atoms with Gasteiger partial charge < -0.3 is 4.74 Å². The fraction of sp³-hybridized carbons (Fsp3) is 0.929. The Morgan fingerprint density at radius 3 is 2.39 bits per heavy atom. The number of hydrogen-bond donors (Lipinski definition) is 0. The first-order valence-electron chi connectivity index (χ1n) is 6.73. The lowest BCUT2D eigenvalue weighted by Crippen LogP contribution is -2.34. The monoisotopic (exact) mass is 262 g/mol. The van der Waals surface area contributed by atoms with Gasteiger partial charge in [-0.25, -0.2) is 8.78 Å². The molecule has 2 nitrogen and oxygen atoms in total. The maximum Gasteiger partial charge on any atom is 0.315 e. The first-order chi connectivity index (χ1) is 8.18. The highest BCUT2D eigenvalue weighted by molar-refractivity contribution is 5.73. The molecule has 1 aliphatic rings. The number of carbonyl (C=O) groups excluding carboxylic acids is 1. The number of alkyl halides is 2. The van der Waals surface area contributed by atoms with Crippen molar-refractivity contribution < 1.29 is 18.3 Å². The Bertz CT molecular complexity index is 295. The van der Waals surface area contributed by atoms with Gasteiger partial charge in [-0.3, -0.25) is 4.79 Å². The maximum absolute atomic E-state index is 14.0. The van der Waals surface area contributed by atoms with Gasteiger partial charge >= 0.3 is 5.97 Å². The van der Waals surface area contributed by atoms with Crippen LogP contribution in [0.2, 0.25) is 0 Å². The molecule has 0 N–H and O–H groups in total. The Kier molecular flexibility index (Phi) is 4.73. The van der Waals surface area contributed by atoms with Gasteiger partial charge in [-0.2, -0.15) is 0 Å². The minimum absolute atomic E-state index is 0.0135. The van der Waals surface area contributed by atoms with E-state index >= 15 is 0 Å². The first kappa shape index (κ1) is 15.4. The SMILES string of the molecule is CCOC(=O)C1CC[C@H](C(C)(C)C)CCC1(F)F. The van der Waals surface area contributed by atoms with Crippen LogP contribution in [0.15, 0.2) is 0 Å². The maximum atomic E-state index is 14.0. The molecule has 1 saturated carbocycles. The van der Waals surface area contributed by atoms with Crippen molar-refractivity contribution in [2.75, 3.05) is 6.61 Å². The Hall–Kier alpha value is -0.670. The molecule has 1 fully saturated rings. The summed E-state index contributed by atoms with van der Waals surface area (Å²) in [4.78, 5) is 11.6. The average molecular weight is 262 g/mol. The molecule has 0 aromatic heterocycles. The summed E-state index contributed by atoms with van der Waals surface area (Å²) in [5.41, 5.74) is 0.0135. The van der Waals surface area contributed by atoms with E-state index in [9.17, 15) is 13.6 Å². The minimum atomic E-state index is -2.92. The second-order valence-corrected chi connectivity index (χ2v) is 6.24. The lowest BCUT2D eigenvalue weighted by Gasteiger charge is -2.29. The molecule has 1 rings (SSSR count). The number of halogens is 2. The van der Waals surface area contributed by atoms with Crippen molar-refractivity contribution in [1.82, 2.24) is 0 Å². The summed E-state index contributed by atoms with van der Waals surface area (Å²) < 4.78 is 32.7. The summed E-state index contributed by atoms with van der Waals surface area (Å²) in [6, 6.07) is 0. The standard InChI is InChI=1S/C14H24F2O2/c1-5-18-12(17)11-7-6-10(13(2,3)4)8-9-14(11,15)16/h10-11H,5-9H2,1-4H3/t10-,11?/m0/s1. The van der Waals surface area contributed by atoms with Crippen LogP contribution in [0.3, 0.4) is 0 Å². The molecule has 4 heteroatoms. The molecule has 1 unspecified atom stereocenters. The smallest absolute Gasteiger partial charge is 0.315 e. The van der Waals surface area contributed by atoms with Crippen molar-refractivity contribution in [3.63, 3.8) is 0 Å². The van der Waals surface area contributed by atoms with Crippen LogP contribution in [0.25, 0.3) is 0 Å². The lowest BCUT2D eigenvalue weighted by atomic mass is 9.76. The number of carbonyl (C=O) groups is 1. The fourth-order valence-corrected chi connectivity index (χ4v) is 2.66. The van der Waals surface area contributed by atoms with Crippen LogP contribution in [0.4, 0.5) is 8.78 Å². The molecular formula is C14H24F2O2. The normalized spacial score (nSPS) is 28.6. The largest absolute Gasteiger partial charge is 0.466 e. The zero-order valence-corrected chi connectivity index (χ0v) is 11.8. The minimum Gasteiger partial charge on any atom is -0.466 e. The van der Waals surface area contributed by atoms with Crippen LogP contribution in [-0.4, -0.2) is 18.5 Å². The molecule has 0 bridgehead atoms. The van der Waals surface area contributed by atoms with E-state index in [1.807, 2.05) is 0 Å². The summed E-state index contributed by atoms with van der Waals surface area (Å²) in [7, 11) is 0. The highest BCUT2D eigenvalue weighted by Gasteiger charge is 2.48. The van der Waals surface area contributed by atoms with Crippen LogP contribution >= 0.6 is 0 Å². The van der Waals surface area contributed by atoms with Gasteiger partial charge in [-0.1, -0.05) is 20.8 Å². The topological polar surface area (TPSA) is 26.3 Å². The van der Waals surface area contributed by atoms with Gasteiger partial charge in [0, 0.05) is 6.42 Å². The molecule has 106 valence electrons. The fourth-order valence-electron chi connectivity index (χ4n) is 2.66. The van der Waals surface area contributed by atoms with E-state index in [0.29, 0.717) is 12.8 Å². The van der Waals surface area contributed by atoms with Gasteiger partial charge in [-0.05, 0) is 37.5 Å². The van der Waals surface area contributed by atoms with Crippen molar-refractivity contribution >= 4 is 5.97 Å². The highest BCUT2D eigenvalue weighted by atomic mass is 19.3. The van der Waals surface area contributed by atoms with Crippen molar-refractivity contribution in [1.29, 1.82) is 0 Å². The van der Waals surface area contributed by atoms with Crippen LogP contribution < -0.4 is 0 Å². The van der Waals surface area contributed by atoms with Gasteiger partial charge in [0.15, 0.2) is 0 Å². The van der Waals surface area contributed by atoms with Crippen molar-refractivity contribution in [2.24, 2.45) is 17.3 Å². The lowest BCUT2D eigenvalue weighted by molar-refractivity contribution is -0.163. The Morgan fingerprint density at radius 2 is 1.89 bits per heavy atom. The second kappa shape index (κ2) is 5.54. The molecule has 1 aliphatic carbocycles. The van der Waals surface area contributed by atoms with Gasteiger partial charge in [0.2, 0.25) is 0 Å².